The van der Waals surface area contributed by atoms with Gasteiger partial charge in [-0.05, 0) is 25.2 Å². The summed E-state index contributed by atoms with van der Waals surface area (Å²) in [4.78, 5) is 25.4. The van der Waals surface area contributed by atoms with E-state index in [1.807, 2.05) is 20.8 Å². The Hall–Kier alpha value is -1.66. The van der Waals surface area contributed by atoms with E-state index in [0.29, 0.717) is 22.8 Å². The number of hydrogen-bond acceptors (Lipinski definition) is 4. The van der Waals surface area contributed by atoms with Gasteiger partial charge in [-0.15, -0.1) is 0 Å². The maximum Gasteiger partial charge on any atom is 0.306 e. The smallest absolute Gasteiger partial charge is 0.306 e. The van der Waals surface area contributed by atoms with Gasteiger partial charge in [0.2, 0.25) is 0 Å². The van der Waals surface area contributed by atoms with Gasteiger partial charge < -0.3 is 5.73 Å². The van der Waals surface area contributed by atoms with Crippen LogP contribution in [0.25, 0.3) is 11.1 Å². The quantitative estimate of drug-likeness (QED) is 0.892. The van der Waals surface area contributed by atoms with Gasteiger partial charge in [-0.25, -0.2) is 4.68 Å². The highest BCUT2D eigenvalue weighted by Gasteiger charge is 2.26. The van der Waals surface area contributed by atoms with Gasteiger partial charge in [0, 0.05) is 10.6 Å². The van der Waals surface area contributed by atoms with Crippen molar-refractivity contribution in [2.45, 2.75) is 33.2 Å². The molecule has 0 radical (unpaired) electrons. The van der Waals surface area contributed by atoms with E-state index < -0.39 is 0 Å². The molecule has 0 bridgehead atoms. The summed E-state index contributed by atoms with van der Waals surface area (Å²) in [6.07, 6.45) is 0.704. The lowest BCUT2D eigenvalue weighted by Gasteiger charge is -2.15. The lowest BCUT2D eigenvalue weighted by atomic mass is 10.1. The van der Waals surface area contributed by atoms with Crippen molar-refractivity contribution in [3.05, 3.63) is 39.6 Å². The molecule has 0 saturated carbocycles. The molecule has 0 aliphatic rings. The van der Waals surface area contributed by atoms with Crippen molar-refractivity contribution in [1.29, 1.82) is 0 Å². The molecule has 1 unspecified atom stereocenters. The Labute approximate surface area is 144 Å². The van der Waals surface area contributed by atoms with Gasteiger partial charge in [-0.3, -0.25) is 9.59 Å². The molecule has 0 fully saturated rings. The van der Waals surface area contributed by atoms with E-state index in [0.717, 1.165) is 11.8 Å². The molecule has 124 valence electrons. The molecule has 1 atom stereocenters. The summed E-state index contributed by atoms with van der Waals surface area (Å²) < 4.78 is 2.71. The third kappa shape index (κ3) is 3.19. The van der Waals surface area contributed by atoms with Crippen LogP contribution in [-0.2, 0) is 0 Å². The van der Waals surface area contributed by atoms with Crippen molar-refractivity contribution < 1.29 is 4.79 Å². The first-order valence-corrected chi connectivity index (χ1v) is 8.85. The van der Waals surface area contributed by atoms with Crippen LogP contribution in [-0.4, -0.2) is 20.4 Å². The monoisotopic (exact) mass is 353 g/mol. The fourth-order valence-corrected chi connectivity index (χ4v) is 3.18. The largest absolute Gasteiger partial charge is 0.383 e. The number of carbonyl (C=O) groups excluding carboxylic acids is 1. The fraction of sp³-hybridized carbons (Fsp3) is 0.375. The summed E-state index contributed by atoms with van der Waals surface area (Å²) in [5.41, 5.74) is 6.70. The Morgan fingerprint density at radius 1 is 1.35 bits per heavy atom. The molecule has 0 spiro atoms. The number of benzene rings is 1. The minimum Gasteiger partial charge on any atom is -0.383 e. The van der Waals surface area contributed by atoms with Crippen LogP contribution in [0.1, 0.15) is 33.2 Å². The lowest BCUT2D eigenvalue weighted by molar-refractivity contribution is 0.253. The normalized spacial score (nSPS) is 12.3. The summed E-state index contributed by atoms with van der Waals surface area (Å²) in [5, 5.41) is 0.168. The topological polar surface area (TPSA) is 70.0 Å². The average molecular weight is 354 g/mol. The van der Waals surface area contributed by atoms with Gasteiger partial charge in [-0.1, -0.05) is 55.4 Å². The number of thioether (sulfide) groups is 1. The van der Waals surface area contributed by atoms with Gasteiger partial charge in [0.05, 0.1) is 11.6 Å². The van der Waals surface area contributed by atoms with Crippen LogP contribution in [0.15, 0.2) is 29.1 Å². The highest BCUT2D eigenvalue weighted by atomic mass is 35.5. The molecule has 0 saturated heterocycles. The summed E-state index contributed by atoms with van der Waals surface area (Å²) >= 11 is 7.33. The number of halogens is 1. The predicted molar refractivity (Wildman–Crippen MR) is 97.5 cm³/mol. The van der Waals surface area contributed by atoms with E-state index in [-0.39, 0.29) is 28.2 Å². The second-order valence-electron chi connectivity index (χ2n) is 5.16. The van der Waals surface area contributed by atoms with Crippen molar-refractivity contribution in [3.63, 3.8) is 0 Å². The van der Waals surface area contributed by atoms with Gasteiger partial charge in [-0.2, -0.15) is 4.68 Å². The number of rotatable bonds is 4. The summed E-state index contributed by atoms with van der Waals surface area (Å²) in [6, 6.07) is 6.85. The predicted octanol–water partition coefficient (Wildman–Crippen LogP) is 4.24. The highest BCUT2D eigenvalue weighted by Crippen LogP contribution is 2.31. The van der Waals surface area contributed by atoms with Crippen molar-refractivity contribution >= 4 is 34.4 Å². The van der Waals surface area contributed by atoms with Crippen LogP contribution in [0.5, 0.6) is 0 Å². The first kappa shape index (κ1) is 17.7. The summed E-state index contributed by atoms with van der Waals surface area (Å²) in [6.45, 7) is 5.72. The van der Waals surface area contributed by atoms with Crippen LogP contribution < -0.4 is 11.3 Å². The molecule has 0 aliphatic heterocycles. The van der Waals surface area contributed by atoms with Crippen molar-refractivity contribution in [2.75, 3.05) is 11.5 Å². The second kappa shape index (κ2) is 7.27. The third-order valence-electron chi connectivity index (χ3n) is 3.71. The van der Waals surface area contributed by atoms with Crippen molar-refractivity contribution in [3.8, 4) is 11.1 Å². The molecule has 1 heterocycles. The zero-order chi connectivity index (χ0) is 17.1. The maximum atomic E-state index is 12.9. The van der Waals surface area contributed by atoms with Gasteiger partial charge in [0.15, 0.2) is 0 Å². The number of nitrogens with two attached hydrogens (primary N) is 1. The molecule has 23 heavy (non-hydrogen) atoms. The molecule has 1 aromatic carbocycles. The molecular weight excluding hydrogens is 334 g/mol. The minimum atomic E-state index is -0.296. The Balaban J connectivity index is 2.78. The van der Waals surface area contributed by atoms with Gasteiger partial charge >= 0.3 is 5.24 Å². The first-order chi connectivity index (χ1) is 10.9. The molecule has 7 heteroatoms. The number of hydrogen-bond donors (Lipinski definition) is 1. The van der Waals surface area contributed by atoms with Crippen LogP contribution in [0.3, 0.4) is 0 Å². The zero-order valence-corrected chi connectivity index (χ0v) is 14.9. The van der Waals surface area contributed by atoms with Crippen LogP contribution in [0.4, 0.5) is 10.6 Å². The Morgan fingerprint density at radius 3 is 2.57 bits per heavy atom. The van der Waals surface area contributed by atoms with Crippen LogP contribution >= 0.6 is 23.4 Å². The SMILES string of the molecule is CCSC(=O)n1c(N)c(-c2ccccc2Cl)c(=O)n1C(C)CC. The van der Waals surface area contributed by atoms with E-state index in [2.05, 4.69) is 0 Å². The number of nitrogens with zero attached hydrogens (tertiary/aromatic N) is 2. The van der Waals surface area contributed by atoms with E-state index in [1.54, 1.807) is 24.3 Å². The van der Waals surface area contributed by atoms with E-state index in [1.165, 1.54) is 9.36 Å². The van der Waals surface area contributed by atoms with E-state index in [4.69, 9.17) is 17.3 Å². The Bertz CT molecular complexity index is 782. The average Bonchev–Trinajstić information content (AvgIpc) is 2.78. The number of nitrogen functional groups attached to an aromatic ring is 1. The maximum absolute atomic E-state index is 12.9. The first-order valence-electron chi connectivity index (χ1n) is 7.48. The number of aromatic nitrogens is 2. The number of anilines is 1. The molecule has 0 amide bonds. The van der Waals surface area contributed by atoms with Crippen molar-refractivity contribution in [2.24, 2.45) is 0 Å². The molecule has 5 nitrogen and oxygen atoms in total. The van der Waals surface area contributed by atoms with E-state index in [9.17, 15) is 9.59 Å². The highest BCUT2D eigenvalue weighted by molar-refractivity contribution is 8.13. The van der Waals surface area contributed by atoms with Crippen LogP contribution in [0, 0.1) is 0 Å². The second-order valence-corrected chi connectivity index (χ2v) is 6.78. The molecule has 0 aliphatic carbocycles. The minimum absolute atomic E-state index is 0.134. The molecule has 2 rings (SSSR count). The van der Waals surface area contributed by atoms with Gasteiger partial charge in [0.25, 0.3) is 5.56 Å². The standard InChI is InChI=1S/C16H20ClN3O2S/c1-4-10(3)19-15(21)13(11-8-6-7-9-12(11)17)14(18)20(19)16(22)23-5-2/h6-10H,4-5,18H2,1-3H3. The van der Waals surface area contributed by atoms with Crippen molar-refractivity contribution in [1.82, 2.24) is 9.36 Å². The fourth-order valence-electron chi connectivity index (χ4n) is 2.40. The zero-order valence-electron chi connectivity index (χ0n) is 13.4. The summed E-state index contributed by atoms with van der Waals surface area (Å²) in [7, 11) is 0. The lowest BCUT2D eigenvalue weighted by Crippen LogP contribution is -2.29. The Morgan fingerprint density at radius 2 is 2.00 bits per heavy atom. The van der Waals surface area contributed by atoms with E-state index >= 15 is 0 Å². The van der Waals surface area contributed by atoms with Crippen LogP contribution in [0.2, 0.25) is 5.02 Å². The molecule has 2 aromatic rings. The molecular formula is C16H20ClN3O2S. The summed E-state index contributed by atoms with van der Waals surface area (Å²) in [5.74, 6) is 0.737. The molecule has 1 aromatic heterocycles. The molecule has 2 N–H and O–H groups in total. The Kier molecular flexibility index (Phi) is 5.59. The number of carbonyl (C=O) groups is 1. The third-order valence-corrected chi connectivity index (χ3v) is 4.75. The van der Waals surface area contributed by atoms with Gasteiger partial charge in [0.1, 0.15) is 5.82 Å².